The van der Waals surface area contributed by atoms with Crippen LogP contribution < -0.4 is 0 Å². The summed E-state index contributed by atoms with van der Waals surface area (Å²) >= 11 is 0. The Kier molecular flexibility index (Phi) is 31.8. The molecule has 0 rings (SSSR count). The number of nitrogens with zero attached hydrogens (tertiary/aromatic N) is 1. The summed E-state index contributed by atoms with van der Waals surface area (Å²) in [6, 6.07) is 0. The minimum absolute atomic E-state index is 0.0328. The minimum atomic E-state index is -4.36. The molecule has 1 unspecified atom stereocenters. The summed E-state index contributed by atoms with van der Waals surface area (Å²) in [6.07, 6.45) is 31.1. The highest BCUT2D eigenvalue weighted by Gasteiger charge is 2.27. The van der Waals surface area contributed by atoms with Gasteiger partial charge in [-0.3, -0.25) is 18.6 Å². The smallest absolute Gasteiger partial charge is 0.462 e. The summed E-state index contributed by atoms with van der Waals surface area (Å²) in [7, 11) is 1.48. The number of carbonyl (C=O) groups is 2. The third-order valence-electron chi connectivity index (χ3n) is 8.55. The molecule has 0 saturated carbocycles. The number of phosphoric ester groups is 1. The summed E-state index contributed by atoms with van der Waals surface area (Å²) in [6.45, 7) is 4.39. The molecule has 0 aliphatic carbocycles. The van der Waals surface area contributed by atoms with Crippen molar-refractivity contribution >= 4 is 19.8 Å². The number of phosphoric acid groups is 1. The van der Waals surface area contributed by atoms with E-state index in [0.29, 0.717) is 23.9 Å². The Morgan fingerprint density at radius 2 is 1.04 bits per heavy atom. The number of esters is 2. The molecule has 0 aliphatic heterocycles. The molecule has 9 nitrogen and oxygen atoms in total. The van der Waals surface area contributed by atoms with Gasteiger partial charge in [-0.15, -0.1) is 0 Å². The Bertz CT molecular complexity index is 860. The molecule has 2 atom stereocenters. The van der Waals surface area contributed by atoms with E-state index < -0.39 is 26.5 Å². The van der Waals surface area contributed by atoms with Crippen molar-refractivity contribution < 1.29 is 42.1 Å². The molecule has 1 N–H and O–H groups in total. The zero-order valence-corrected chi connectivity index (χ0v) is 33.3. The summed E-state index contributed by atoms with van der Waals surface area (Å²) in [5.41, 5.74) is 0. The zero-order valence-electron chi connectivity index (χ0n) is 32.4. The van der Waals surface area contributed by atoms with Crippen molar-refractivity contribution in [3.05, 3.63) is 12.2 Å². The summed E-state index contributed by atoms with van der Waals surface area (Å²) < 4.78 is 34.2. The number of rotatable bonds is 36. The second kappa shape index (κ2) is 32.6. The molecule has 0 fully saturated rings. The number of hydrogen-bond acceptors (Lipinski definition) is 7. The average molecular weight is 719 g/mol. The molecule has 290 valence electrons. The van der Waals surface area contributed by atoms with Crippen molar-refractivity contribution in [2.75, 3.05) is 47.5 Å². The van der Waals surface area contributed by atoms with E-state index in [9.17, 15) is 19.0 Å². The van der Waals surface area contributed by atoms with Gasteiger partial charge in [-0.25, -0.2) is 4.57 Å². The van der Waals surface area contributed by atoms with Crippen molar-refractivity contribution in [2.24, 2.45) is 0 Å². The summed E-state index contributed by atoms with van der Waals surface area (Å²) in [5, 5.41) is 0. The maximum Gasteiger partial charge on any atom is 0.472 e. The standard InChI is InChI=1S/C39H76NO8P/c1-6-8-10-12-14-16-18-20-22-24-26-28-30-32-39(42)48-37(36-47-49(43,44)46-34-33-40(3,4)5)35-45-38(41)31-29-27-25-23-21-19-17-15-13-11-9-7-2/h16,18,37H,6-15,17,19-36H2,1-5H3/p+1/b18-16-/t37-/m0/s1. The molecule has 0 bridgehead atoms. The van der Waals surface area contributed by atoms with Gasteiger partial charge in [0, 0.05) is 12.8 Å². The SMILES string of the molecule is CCCCCC/C=C\CCCCCCCC(=O)O[C@@H](COC(=O)CCCCCCCCCCCCCC)COP(=O)(O)OCC[N+](C)(C)C. The lowest BCUT2D eigenvalue weighted by molar-refractivity contribution is -0.870. The Morgan fingerprint density at radius 1 is 0.612 bits per heavy atom. The number of hydrogen-bond donors (Lipinski definition) is 1. The van der Waals surface area contributed by atoms with Crippen molar-refractivity contribution in [2.45, 2.75) is 180 Å². The van der Waals surface area contributed by atoms with Crippen LogP contribution >= 0.6 is 7.82 Å². The summed E-state index contributed by atoms with van der Waals surface area (Å²) in [4.78, 5) is 35.2. The van der Waals surface area contributed by atoms with E-state index in [4.69, 9.17) is 18.5 Å². The van der Waals surface area contributed by atoms with Gasteiger partial charge in [0.2, 0.25) is 0 Å². The first-order valence-corrected chi connectivity index (χ1v) is 21.4. The Morgan fingerprint density at radius 3 is 1.53 bits per heavy atom. The normalized spacial score (nSPS) is 13.8. The van der Waals surface area contributed by atoms with Crippen LogP contribution in [0, 0.1) is 0 Å². The van der Waals surface area contributed by atoms with Crippen LogP contribution in [0.3, 0.4) is 0 Å². The Labute approximate surface area is 301 Å². The van der Waals surface area contributed by atoms with Crippen LogP contribution in [-0.4, -0.2) is 74.9 Å². The van der Waals surface area contributed by atoms with Crippen molar-refractivity contribution in [1.82, 2.24) is 0 Å². The van der Waals surface area contributed by atoms with Crippen molar-refractivity contribution in [3.8, 4) is 0 Å². The summed E-state index contributed by atoms with van der Waals surface area (Å²) in [5.74, 6) is -0.804. The maximum atomic E-state index is 12.6. The number of unbranched alkanes of at least 4 members (excludes halogenated alkanes) is 20. The quantitative estimate of drug-likeness (QED) is 0.0224. The number of ether oxygens (including phenoxy) is 2. The fraction of sp³-hybridized carbons (Fsp3) is 0.897. The fourth-order valence-corrected chi connectivity index (χ4v) is 6.10. The van der Waals surface area contributed by atoms with Gasteiger partial charge in [0.1, 0.15) is 19.8 Å². The number of quaternary nitrogens is 1. The highest BCUT2D eigenvalue weighted by atomic mass is 31.2. The number of allylic oxidation sites excluding steroid dienone is 2. The molecule has 49 heavy (non-hydrogen) atoms. The third kappa shape index (κ3) is 36.3. The van der Waals surface area contributed by atoms with Gasteiger partial charge in [-0.2, -0.15) is 0 Å². The molecule has 0 aliphatic rings. The molecule has 0 amide bonds. The number of likely N-dealkylation sites (N-methyl/N-ethyl adjacent to an activating group) is 1. The first-order chi connectivity index (χ1) is 23.5. The van der Waals surface area contributed by atoms with Crippen molar-refractivity contribution in [3.63, 3.8) is 0 Å². The Hall–Kier alpha value is -1.25. The second-order valence-corrected chi connectivity index (χ2v) is 16.1. The van der Waals surface area contributed by atoms with Crippen LogP contribution in [-0.2, 0) is 32.7 Å². The molecule has 0 aromatic heterocycles. The predicted octanol–water partition coefficient (Wildman–Crippen LogP) is 10.6. The van der Waals surface area contributed by atoms with E-state index in [1.807, 2.05) is 21.1 Å². The molecule has 0 heterocycles. The van der Waals surface area contributed by atoms with E-state index in [0.717, 1.165) is 51.4 Å². The van der Waals surface area contributed by atoms with Gasteiger partial charge < -0.3 is 18.9 Å². The first kappa shape index (κ1) is 47.8. The van der Waals surface area contributed by atoms with Crippen molar-refractivity contribution in [1.29, 1.82) is 0 Å². The lowest BCUT2D eigenvalue weighted by Gasteiger charge is -2.24. The third-order valence-corrected chi connectivity index (χ3v) is 9.53. The largest absolute Gasteiger partial charge is 0.472 e. The van der Waals surface area contributed by atoms with Crippen LogP contribution in [0.1, 0.15) is 174 Å². The molecular weight excluding hydrogens is 641 g/mol. The molecule has 0 aromatic carbocycles. The van der Waals surface area contributed by atoms with E-state index in [1.165, 1.54) is 89.9 Å². The zero-order chi connectivity index (χ0) is 36.5. The Balaban J connectivity index is 4.42. The predicted molar refractivity (Wildman–Crippen MR) is 201 cm³/mol. The van der Waals surface area contributed by atoms with Gasteiger partial charge >= 0.3 is 19.8 Å². The average Bonchev–Trinajstić information content (AvgIpc) is 3.04. The molecule has 0 spiro atoms. The number of carbonyl (C=O) groups excluding carboxylic acids is 2. The van der Waals surface area contributed by atoms with Crippen LogP contribution in [0.15, 0.2) is 12.2 Å². The molecular formula is C39H77NO8P+. The van der Waals surface area contributed by atoms with E-state index in [2.05, 4.69) is 26.0 Å². The van der Waals surface area contributed by atoms with Gasteiger partial charge in [0.05, 0.1) is 27.7 Å². The van der Waals surface area contributed by atoms with Crippen LogP contribution in [0.2, 0.25) is 0 Å². The molecule has 0 radical (unpaired) electrons. The topological polar surface area (TPSA) is 108 Å². The van der Waals surface area contributed by atoms with Gasteiger partial charge in [0.25, 0.3) is 0 Å². The van der Waals surface area contributed by atoms with Crippen LogP contribution in [0.5, 0.6) is 0 Å². The minimum Gasteiger partial charge on any atom is -0.462 e. The van der Waals surface area contributed by atoms with E-state index in [-0.39, 0.29) is 25.6 Å². The highest BCUT2D eigenvalue weighted by Crippen LogP contribution is 2.43. The van der Waals surface area contributed by atoms with Gasteiger partial charge in [-0.05, 0) is 38.5 Å². The highest BCUT2D eigenvalue weighted by molar-refractivity contribution is 7.47. The lowest BCUT2D eigenvalue weighted by atomic mass is 10.0. The van der Waals surface area contributed by atoms with Crippen LogP contribution in [0.4, 0.5) is 0 Å². The maximum absolute atomic E-state index is 12.6. The fourth-order valence-electron chi connectivity index (χ4n) is 5.36. The van der Waals surface area contributed by atoms with E-state index in [1.54, 1.807) is 0 Å². The van der Waals surface area contributed by atoms with Gasteiger partial charge in [0.15, 0.2) is 6.10 Å². The molecule has 10 heteroatoms. The molecule has 0 saturated heterocycles. The molecule has 0 aromatic rings. The van der Waals surface area contributed by atoms with E-state index >= 15 is 0 Å². The van der Waals surface area contributed by atoms with Gasteiger partial charge in [-0.1, -0.05) is 135 Å². The first-order valence-electron chi connectivity index (χ1n) is 19.9. The lowest BCUT2D eigenvalue weighted by Crippen LogP contribution is -2.37. The van der Waals surface area contributed by atoms with Crippen LogP contribution in [0.25, 0.3) is 0 Å². The second-order valence-electron chi connectivity index (χ2n) is 14.7. The monoisotopic (exact) mass is 719 g/mol.